The highest BCUT2D eigenvalue weighted by Crippen LogP contribution is 2.31. The molecule has 0 amide bonds. The molecule has 1 aliphatic rings. The van der Waals surface area contributed by atoms with Gasteiger partial charge in [-0.3, -0.25) is 0 Å². The lowest BCUT2D eigenvalue weighted by Gasteiger charge is -2.24. The largest absolute Gasteiger partial charge is 0.493 e. The quantitative estimate of drug-likeness (QED) is 0.840. The molecule has 100 valence electrons. The SMILES string of the molecule is CNC(c1ccc2c(c1)CCO2)C(C)CCOC. The monoisotopic (exact) mass is 249 g/mol. The van der Waals surface area contributed by atoms with Crippen LogP contribution < -0.4 is 10.1 Å². The number of benzene rings is 1. The van der Waals surface area contributed by atoms with Crippen molar-refractivity contribution in [3.8, 4) is 5.75 Å². The Morgan fingerprint density at radius 1 is 1.44 bits per heavy atom. The van der Waals surface area contributed by atoms with E-state index in [0.29, 0.717) is 12.0 Å². The molecule has 0 aliphatic carbocycles. The third kappa shape index (κ3) is 2.85. The molecule has 0 radical (unpaired) electrons. The van der Waals surface area contributed by atoms with Crippen molar-refractivity contribution in [1.82, 2.24) is 5.32 Å². The van der Waals surface area contributed by atoms with Gasteiger partial charge in [0.1, 0.15) is 5.75 Å². The van der Waals surface area contributed by atoms with E-state index in [9.17, 15) is 0 Å². The average molecular weight is 249 g/mol. The summed E-state index contributed by atoms with van der Waals surface area (Å²) in [6.45, 7) is 3.90. The van der Waals surface area contributed by atoms with E-state index in [0.717, 1.165) is 31.8 Å². The molecule has 18 heavy (non-hydrogen) atoms. The van der Waals surface area contributed by atoms with Crippen LogP contribution in [0.15, 0.2) is 18.2 Å². The lowest BCUT2D eigenvalue weighted by atomic mass is 9.91. The van der Waals surface area contributed by atoms with Crippen molar-refractivity contribution < 1.29 is 9.47 Å². The molecular weight excluding hydrogens is 226 g/mol. The van der Waals surface area contributed by atoms with Crippen molar-refractivity contribution in [3.63, 3.8) is 0 Å². The van der Waals surface area contributed by atoms with E-state index < -0.39 is 0 Å². The molecule has 1 aromatic rings. The molecule has 1 heterocycles. The molecule has 2 rings (SSSR count). The zero-order valence-corrected chi connectivity index (χ0v) is 11.5. The van der Waals surface area contributed by atoms with Crippen LogP contribution in [0.4, 0.5) is 0 Å². The van der Waals surface area contributed by atoms with Crippen molar-refractivity contribution in [2.75, 3.05) is 27.4 Å². The van der Waals surface area contributed by atoms with E-state index in [-0.39, 0.29) is 0 Å². The van der Waals surface area contributed by atoms with E-state index >= 15 is 0 Å². The van der Waals surface area contributed by atoms with Crippen molar-refractivity contribution in [1.29, 1.82) is 0 Å². The fraction of sp³-hybridized carbons (Fsp3) is 0.600. The molecule has 0 fully saturated rings. The molecule has 3 heteroatoms. The van der Waals surface area contributed by atoms with Gasteiger partial charge in [-0.25, -0.2) is 0 Å². The Hall–Kier alpha value is -1.06. The molecule has 1 aliphatic heterocycles. The number of ether oxygens (including phenoxy) is 2. The van der Waals surface area contributed by atoms with Gasteiger partial charge < -0.3 is 14.8 Å². The first kappa shape index (κ1) is 13.4. The normalized spacial score (nSPS) is 17.1. The van der Waals surface area contributed by atoms with Gasteiger partial charge in [-0.2, -0.15) is 0 Å². The molecular formula is C15H23NO2. The molecule has 0 saturated carbocycles. The van der Waals surface area contributed by atoms with Gasteiger partial charge in [0.2, 0.25) is 0 Å². The van der Waals surface area contributed by atoms with Crippen molar-refractivity contribution >= 4 is 0 Å². The van der Waals surface area contributed by atoms with Gasteiger partial charge in [0, 0.05) is 26.2 Å². The first-order valence-electron chi connectivity index (χ1n) is 6.68. The molecule has 0 saturated heterocycles. The molecule has 0 bridgehead atoms. The minimum Gasteiger partial charge on any atom is -0.493 e. The second-order valence-electron chi connectivity index (χ2n) is 4.99. The summed E-state index contributed by atoms with van der Waals surface area (Å²) in [5, 5.41) is 3.42. The maximum atomic E-state index is 5.55. The van der Waals surface area contributed by atoms with E-state index in [1.54, 1.807) is 7.11 Å². The van der Waals surface area contributed by atoms with Gasteiger partial charge in [0.15, 0.2) is 0 Å². The van der Waals surface area contributed by atoms with Crippen LogP contribution in [0.25, 0.3) is 0 Å². The van der Waals surface area contributed by atoms with Crippen LogP contribution in [0.2, 0.25) is 0 Å². The zero-order chi connectivity index (χ0) is 13.0. The zero-order valence-electron chi connectivity index (χ0n) is 11.5. The van der Waals surface area contributed by atoms with E-state index in [4.69, 9.17) is 9.47 Å². The molecule has 1 N–H and O–H groups in total. The summed E-state index contributed by atoms with van der Waals surface area (Å²) in [6.07, 6.45) is 2.10. The standard InChI is InChI=1S/C15H23NO2/c1-11(6-8-17-3)15(16-2)13-4-5-14-12(10-13)7-9-18-14/h4-5,10-11,15-16H,6-9H2,1-3H3. The highest BCUT2D eigenvalue weighted by atomic mass is 16.5. The molecule has 1 aromatic carbocycles. The maximum absolute atomic E-state index is 5.55. The van der Waals surface area contributed by atoms with E-state index in [2.05, 4.69) is 30.4 Å². The third-order valence-electron chi connectivity index (χ3n) is 3.73. The lowest BCUT2D eigenvalue weighted by Crippen LogP contribution is -2.24. The van der Waals surface area contributed by atoms with Gasteiger partial charge in [0.05, 0.1) is 6.61 Å². The van der Waals surface area contributed by atoms with Gasteiger partial charge in [-0.1, -0.05) is 19.1 Å². The van der Waals surface area contributed by atoms with Crippen LogP contribution in [-0.4, -0.2) is 27.4 Å². The summed E-state index contributed by atoms with van der Waals surface area (Å²) in [7, 11) is 3.78. The highest BCUT2D eigenvalue weighted by Gasteiger charge is 2.20. The molecule has 0 spiro atoms. The van der Waals surface area contributed by atoms with Crippen molar-refractivity contribution in [3.05, 3.63) is 29.3 Å². The Bertz CT molecular complexity index is 392. The first-order chi connectivity index (χ1) is 8.76. The fourth-order valence-electron chi connectivity index (χ4n) is 2.65. The fourth-order valence-corrected chi connectivity index (χ4v) is 2.65. The maximum Gasteiger partial charge on any atom is 0.122 e. The third-order valence-corrected chi connectivity index (χ3v) is 3.73. The summed E-state index contributed by atoms with van der Waals surface area (Å²) < 4.78 is 10.7. The Balaban J connectivity index is 2.12. The number of rotatable bonds is 6. The van der Waals surface area contributed by atoms with Crippen molar-refractivity contribution in [2.24, 2.45) is 5.92 Å². The number of methoxy groups -OCH3 is 1. The van der Waals surface area contributed by atoms with Crippen LogP contribution in [0.5, 0.6) is 5.75 Å². The minimum atomic E-state index is 0.381. The molecule has 2 unspecified atom stereocenters. The topological polar surface area (TPSA) is 30.5 Å². The second-order valence-corrected chi connectivity index (χ2v) is 4.99. The van der Waals surface area contributed by atoms with E-state index in [1.807, 2.05) is 7.05 Å². The summed E-state index contributed by atoms with van der Waals surface area (Å²) in [5.74, 6) is 1.61. The number of hydrogen-bond donors (Lipinski definition) is 1. The van der Waals surface area contributed by atoms with Crippen LogP contribution in [0, 0.1) is 5.92 Å². The molecule has 2 atom stereocenters. The van der Waals surface area contributed by atoms with Gasteiger partial charge in [-0.15, -0.1) is 0 Å². The van der Waals surface area contributed by atoms with Crippen LogP contribution >= 0.6 is 0 Å². The molecule has 3 nitrogen and oxygen atoms in total. The summed E-state index contributed by atoms with van der Waals surface area (Å²) in [6, 6.07) is 6.94. The Morgan fingerprint density at radius 3 is 3.00 bits per heavy atom. The highest BCUT2D eigenvalue weighted by molar-refractivity contribution is 5.40. The van der Waals surface area contributed by atoms with Crippen LogP contribution in [0.1, 0.15) is 30.5 Å². The van der Waals surface area contributed by atoms with Gasteiger partial charge in [0.25, 0.3) is 0 Å². The van der Waals surface area contributed by atoms with E-state index in [1.165, 1.54) is 11.1 Å². The van der Waals surface area contributed by atoms with Crippen LogP contribution in [0.3, 0.4) is 0 Å². The number of nitrogens with one attached hydrogen (secondary N) is 1. The number of hydrogen-bond acceptors (Lipinski definition) is 3. The summed E-state index contributed by atoms with van der Waals surface area (Å²) in [4.78, 5) is 0. The van der Waals surface area contributed by atoms with Gasteiger partial charge in [-0.05, 0) is 36.6 Å². The summed E-state index contributed by atoms with van der Waals surface area (Å²) >= 11 is 0. The lowest BCUT2D eigenvalue weighted by molar-refractivity contribution is 0.171. The van der Waals surface area contributed by atoms with Crippen LogP contribution in [-0.2, 0) is 11.2 Å². The predicted octanol–water partition coefficient (Wildman–Crippen LogP) is 2.55. The van der Waals surface area contributed by atoms with Gasteiger partial charge >= 0.3 is 0 Å². The molecule has 0 aromatic heterocycles. The summed E-state index contributed by atoms with van der Waals surface area (Å²) in [5.41, 5.74) is 2.69. The minimum absolute atomic E-state index is 0.381. The predicted molar refractivity (Wildman–Crippen MR) is 73.1 cm³/mol. The number of fused-ring (bicyclic) bond motifs is 1. The average Bonchev–Trinajstić information content (AvgIpc) is 2.84. The Morgan fingerprint density at radius 2 is 2.28 bits per heavy atom. The smallest absolute Gasteiger partial charge is 0.122 e. The Labute approximate surface area is 109 Å². The van der Waals surface area contributed by atoms with Crippen molar-refractivity contribution in [2.45, 2.75) is 25.8 Å². The second kappa shape index (κ2) is 6.21. The first-order valence-corrected chi connectivity index (χ1v) is 6.68. The Kier molecular flexibility index (Phi) is 4.61.